The molecule has 2 aromatic carbocycles. The summed E-state index contributed by atoms with van der Waals surface area (Å²) >= 11 is 6.14. The Labute approximate surface area is 123 Å². The van der Waals surface area contributed by atoms with E-state index in [9.17, 15) is 0 Å². The maximum Gasteiger partial charge on any atom is 0.0897 e. The van der Waals surface area contributed by atoms with Crippen molar-refractivity contribution in [2.45, 2.75) is 18.6 Å². The number of rotatable bonds is 1. The molecule has 0 saturated carbocycles. The topological polar surface area (TPSA) is 21.3 Å². The Morgan fingerprint density at radius 2 is 1.95 bits per heavy atom. The Morgan fingerprint density at radius 3 is 2.80 bits per heavy atom. The summed E-state index contributed by atoms with van der Waals surface area (Å²) in [5.74, 6) is 0.475. The van der Waals surface area contributed by atoms with Crippen molar-refractivity contribution in [1.82, 2.24) is 0 Å². The minimum atomic E-state index is 0.162. The van der Waals surface area contributed by atoms with Crippen LogP contribution in [-0.4, -0.2) is 6.61 Å². The van der Waals surface area contributed by atoms with E-state index in [4.69, 9.17) is 16.3 Å². The van der Waals surface area contributed by atoms with Crippen molar-refractivity contribution in [2.75, 3.05) is 11.9 Å². The summed E-state index contributed by atoms with van der Waals surface area (Å²) in [5, 5.41) is 4.45. The molecule has 2 heterocycles. The van der Waals surface area contributed by atoms with E-state index in [2.05, 4.69) is 41.7 Å². The van der Waals surface area contributed by atoms with Crippen molar-refractivity contribution < 1.29 is 4.74 Å². The van der Waals surface area contributed by atoms with Gasteiger partial charge in [-0.25, -0.2) is 0 Å². The van der Waals surface area contributed by atoms with E-state index in [-0.39, 0.29) is 6.10 Å². The van der Waals surface area contributed by atoms with Crippen LogP contribution in [0.2, 0.25) is 5.02 Å². The molecule has 3 heteroatoms. The number of benzene rings is 2. The molecular weight excluding hydrogens is 270 g/mol. The van der Waals surface area contributed by atoms with Crippen molar-refractivity contribution in [3.63, 3.8) is 0 Å². The van der Waals surface area contributed by atoms with E-state index in [1.54, 1.807) is 0 Å². The molecule has 2 aromatic rings. The molecule has 1 N–H and O–H groups in total. The fourth-order valence-electron chi connectivity index (χ4n) is 3.43. The van der Waals surface area contributed by atoms with E-state index in [1.165, 1.54) is 11.1 Å². The van der Waals surface area contributed by atoms with Crippen LogP contribution in [0, 0.1) is 5.92 Å². The number of nitrogens with one attached hydrogen (secondary N) is 1. The van der Waals surface area contributed by atoms with Gasteiger partial charge in [-0.3, -0.25) is 0 Å². The van der Waals surface area contributed by atoms with Gasteiger partial charge in [-0.1, -0.05) is 41.9 Å². The molecule has 2 nitrogen and oxygen atoms in total. The number of fused-ring (bicyclic) bond motifs is 3. The lowest BCUT2D eigenvalue weighted by molar-refractivity contribution is 0.0829. The molecule has 2 aliphatic heterocycles. The number of halogens is 1. The van der Waals surface area contributed by atoms with Crippen LogP contribution in [-0.2, 0) is 4.74 Å². The van der Waals surface area contributed by atoms with Crippen LogP contribution in [0.4, 0.5) is 5.69 Å². The predicted molar refractivity (Wildman–Crippen MR) is 81.1 cm³/mol. The first-order chi connectivity index (χ1) is 9.83. The zero-order chi connectivity index (χ0) is 13.5. The van der Waals surface area contributed by atoms with E-state index in [1.807, 2.05) is 12.1 Å². The van der Waals surface area contributed by atoms with Crippen molar-refractivity contribution in [2.24, 2.45) is 5.92 Å². The summed E-state index contributed by atoms with van der Waals surface area (Å²) in [6.07, 6.45) is 1.25. The number of anilines is 1. The summed E-state index contributed by atoms with van der Waals surface area (Å²) < 4.78 is 5.99. The third-order valence-electron chi connectivity index (χ3n) is 4.36. The van der Waals surface area contributed by atoms with Crippen molar-refractivity contribution >= 4 is 17.3 Å². The quantitative estimate of drug-likeness (QED) is 0.828. The molecule has 3 atom stereocenters. The maximum absolute atomic E-state index is 6.14. The van der Waals surface area contributed by atoms with Gasteiger partial charge in [-0.05, 0) is 30.2 Å². The highest BCUT2D eigenvalue weighted by Gasteiger charge is 2.41. The molecule has 1 saturated heterocycles. The van der Waals surface area contributed by atoms with Crippen LogP contribution < -0.4 is 5.32 Å². The largest absolute Gasteiger partial charge is 0.378 e. The number of ether oxygens (including phenoxy) is 1. The minimum absolute atomic E-state index is 0.162. The summed E-state index contributed by atoms with van der Waals surface area (Å²) in [7, 11) is 0. The van der Waals surface area contributed by atoms with Crippen LogP contribution in [0.1, 0.15) is 29.7 Å². The predicted octanol–water partition coefficient (Wildman–Crippen LogP) is 4.58. The highest BCUT2D eigenvalue weighted by Crippen LogP contribution is 2.50. The molecule has 0 aromatic heterocycles. The molecule has 2 aliphatic rings. The van der Waals surface area contributed by atoms with Gasteiger partial charge in [0.2, 0.25) is 0 Å². The lowest BCUT2D eigenvalue weighted by Gasteiger charge is -2.36. The molecule has 0 aliphatic carbocycles. The van der Waals surface area contributed by atoms with Gasteiger partial charge in [0, 0.05) is 28.8 Å². The van der Waals surface area contributed by atoms with Gasteiger partial charge in [0.05, 0.1) is 12.1 Å². The minimum Gasteiger partial charge on any atom is -0.378 e. The molecule has 0 amide bonds. The Bertz CT molecular complexity index is 628. The first-order valence-corrected chi connectivity index (χ1v) is 7.43. The van der Waals surface area contributed by atoms with Gasteiger partial charge < -0.3 is 10.1 Å². The summed E-state index contributed by atoms with van der Waals surface area (Å²) in [5.41, 5.74) is 3.67. The lowest BCUT2D eigenvalue weighted by Crippen LogP contribution is -2.29. The molecule has 4 rings (SSSR count). The second kappa shape index (κ2) is 4.80. The Hall–Kier alpha value is -1.51. The van der Waals surface area contributed by atoms with Gasteiger partial charge in [0.15, 0.2) is 0 Å². The standard InChI is InChI=1S/C17H16ClNO/c18-12-6-7-15-14(10-12)17-13(8-9-20-17)16(19-15)11-4-2-1-3-5-11/h1-7,10,13,16-17,19H,8-9H2/t13-,16-,17-/m0/s1. The summed E-state index contributed by atoms with van der Waals surface area (Å²) in [6.45, 7) is 0.826. The Morgan fingerprint density at radius 1 is 1.10 bits per heavy atom. The number of hydrogen-bond donors (Lipinski definition) is 1. The smallest absolute Gasteiger partial charge is 0.0897 e. The van der Waals surface area contributed by atoms with E-state index in [0.717, 1.165) is 23.7 Å². The second-order valence-corrected chi connectivity index (χ2v) is 5.94. The lowest BCUT2D eigenvalue weighted by atomic mass is 9.81. The van der Waals surface area contributed by atoms with Crippen molar-refractivity contribution in [1.29, 1.82) is 0 Å². The van der Waals surface area contributed by atoms with Crippen LogP contribution in [0.5, 0.6) is 0 Å². The highest BCUT2D eigenvalue weighted by atomic mass is 35.5. The van der Waals surface area contributed by atoms with E-state index >= 15 is 0 Å². The van der Waals surface area contributed by atoms with Gasteiger partial charge in [0.25, 0.3) is 0 Å². The van der Waals surface area contributed by atoms with Gasteiger partial charge >= 0.3 is 0 Å². The second-order valence-electron chi connectivity index (χ2n) is 5.51. The Kier molecular flexibility index (Phi) is 2.94. The van der Waals surface area contributed by atoms with Gasteiger partial charge in [0.1, 0.15) is 0 Å². The zero-order valence-corrected chi connectivity index (χ0v) is 11.8. The molecule has 20 heavy (non-hydrogen) atoms. The molecular formula is C17H16ClNO. The average molecular weight is 286 g/mol. The first kappa shape index (κ1) is 12.2. The average Bonchev–Trinajstić information content (AvgIpc) is 2.97. The molecule has 0 unspecified atom stereocenters. The monoisotopic (exact) mass is 285 g/mol. The van der Waals surface area contributed by atoms with Crippen LogP contribution in [0.3, 0.4) is 0 Å². The highest BCUT2D eigenvalue weighted by molar-refractivity contribution is 6.30. The fourth-order valence-corrected chi connectivity index (χ4v) is 3.61. The van der Waals surface area contributed by atoms with Crippen LogP contribution >= 0.6 is 11.6 Å². The Balaban J connectivity index is 1.79. The third-order valence-corrected chi connectivity index (χ3v) is 4.59. The van der Waals surface area contributed by atoms with Gasteiger partial charge in [-0.15, -0.1) is 0 Å². The fraction of sp³-hybridized carbons (Fsp3) is 0.294. The van der Waals surface area contributed by atoms with E-state index in [0.29, 0.717) is 12.0 Å². The summed E-state index contributed by atoms with van der Waals surface area (Å²) in [6, 6.07) is 17.0. The van der Waals surface area contributed by atoms with Crippen LogP contribution in [0.15, 0.2) is 48.5 Å². The van der Waals surface area contributed by atoms with Crippen LogP contribution in [0.25, 0.3) is 0 Å². The number of hydrogen-bond acceptors (Lipinski definition) is 2. The summed E-state index contributed by atoms with van der Waals surface area (Å²) in [4.78, 5) is 0. The molecule has 0 spiro atoms. The van der Waals surface area contributed by atoms with Crippen molar-refractivity contribution in [3.05, 3.63) is 64.7 Å². The first-order valence-electron chi connectivity index (χ1n) is 7.05. The maximum atomic E-state index is 6.14. The third kappa shape index (κ3) is 1.91. The van der Waals surface area contributed by atoms with E-state index < -0.39 is 0 Å². The van der Waals surface area contributed by atoms with Crippen molar-refractivity contribution in [3.8, 4) is 0 Å². The molecule has 102 valence electrons. The molecule has 0 bridgehead atoms. The van der Waals surface area contributed by atoms with Gasteiger partial charge in [-0.2, -0.15) is 0 Å². The molecule has 0 radical (unpaired) electrons. The normalized spacial score (nSPS) is 27.6. The molecule has 1 fully saturated rings. The SMILES string of the molecule is Clc1ccc2c(c1)[C@H]1OCC[C@H]1[C@H](c1ccccc1)N2. The zero-order valence-electron chi connectivity index (χ0n) is 11.1.